The van der Waals surface area contributed by atoms with Crippen molar-refractivity contribution in [3.05, 3.63) is 65.7 Å². The van der Waals surface area contributed by atoms with Gasteiger partial charge in [0.25, 0.3) is 0 Å². The number of benzene rings is 2. The van der Waals surface area contributed by atoms with Crippen LogP contribution in [0.3, 0.4) is 0 Å². The Labute approximate surface area is 194 Å². The van der Waals surface area contributed by atoms with Crippen molar-refractivity contribution >= 4 is 21.6 Å². The van der Waals surface area contributed by atoms with Crippen LogP contribution in [-0.4, -0.2) is 46.9 Å². The standard InChI is InChI=1S/C22H23F3N4O2S2/c23-17-6-8-18(9-7-17)29-20(14-28-12-2-1-3-13-28)26-27-22(29)32-15-16-4-10-19(11-5-16)33(30,31)21(24)25/h4-11,21H,1-3,12-15H2. The van der Waals surface area contributed by atoms with E-state index in [4.69, 9.17) is 0 Å². The summed E-state index contributed by atoms with van der Waals surface area (Å²) in [6.07, 6.45) is 3.51. The van der Waals surface area contributed by atoms with Crippen LogP contribution in [0.4, 0.5) is 13.2 Å². The van der Waals surface area contributed by atoms with Crippen LogP contribution in [0.25, 0.3) is 5.69 Å². The Morgan fingerprint density at radius 3 is 2.24 bits per heavy atom. The zero-order valence-electron chi connectivity index (χ0n) is 17.7. The van der Waals surface area contributed by atoms with Gasteiger partial charge in [-0.1, -0.05) is 30.3 Å². The van der Waals surface area contributed by atoms with Gasteiger partial charge in [-0.2, -0.15) is 8.78 Å². The molecule has 6 nitrogen and oxygen atoms in total. The Kier molecular flexibility index (Phi) is 7.40. The fourth-order valence-electron chi connectivity index (χ4n) is 3.69. The summed E-state index contributed by atoms with van der Waals surface area (Å²) in [5.74, 6) is -2.61. The molecule has 1 aliphatic rings. The van der Waals surface area contributed by atoms with E-state index in [9.17, 15) is 21.6 Å². The lowest BCUT2D eigenvalue weighted by Crippen LogP contribution is -2.30. The lowest BCUT2D eigenvalue weighted by atomic mass is 10.1. The first-order valence-electron chi connectivity index (χ1n) is 10.5. The van der Waals surface area contributed by atoms with Gasteiger partial charge in [0.15, 0.2) is 11.0 Å². The summed E-state index contributed by atoms with van der Waals surface area (Å²) < 4.78 is 64.1. The number of aromatic nitrogens is 3. The maximum Gasteiger partial charge on any atom is 0.341 e. The Bertz CT molecular complexity index is 1180. The number of sulfone groups is 1. The van der Waals surface area contributed by atoms with Crippen LogP contribution >= 0.6 is 11.8 Å². The third-order valence-corrected chi connectivity index (χ3v) is 7.85. The van der Waals surface area contributed by atoms with Gasteiger partial charge in [0.05, 0.1) is 11.4 Å². The topological polar surface area (TPSA) is 68.1 Å². The SMILES string of the molecule is O=S(=O)(c1ccc(CSc2nnc(CN3CCCCC3)n2-c2ccc(F)cc2)cc1)C(F)F. The van der Waals surface area contributed by atoms with Crippen LogP contribution < -0.4 is 0 Å². The van der Waals surface area contributed by atoms with E-state index >= 15 is 0 Å². The number of thioether (sulfide) groups is 1. The highest BCUT2D eigenvalue weighted by molar-refractivity contribution is 7.98. The average Bonchev–Trinajstić information content (AvgIpc) is 3.21. The fraction of sp³-hybridized carbons (Fsp3) is 0.364. The van der Waals surface area contributed by atoms with Crippen molar-refractivity contribution in [3.63, 3.8) is 0 Å². The molecular formula is C22H23F3N4O2S2. The number of halogens is 3. The highest BCUT2D eigenvalue weighted by Crippen LogP contribution is 2.27. The number of likely N-dealkylation sites (tertiary alicyclic amines) is 1. The molecule has 176 valence electrons. The second-order valence-corrected chi connectivity index (χ2v) is 10.6. The van der Waals surface area contributed by atoms with Gasteiger partial charge in [0, 0.05) is 11.4 Å². The van der Waals surface area contributed by atoms with Gasteiger partial charge < -0.3 is 0 Å². The predicted octanol–water partition coefficient (Wildman–Crippen LogP) is 4.68. The van der Waals surface area contributed by atoms with Crippen LogP contribution in [-0.2, 0) is 22.1 Å². The molecule has 0 amide bonds. The van der Waals surface area contributed by atoms with Crippen molar-refractivity contribution in [1.82, 2.24) is 19.7 Å². The molecule has 0 bridgehead atoms. The Morgan fingerprint density at radius 1 is 0.939 bits per heavy atom. The quantitative estimate of drug-likeness (QED) is 0.422. The minimum absolute atomic E-state index is 0.336. The molecule has 4 rings (SSSR count). The second kappa shape index (κ2) is 10.3. The maximum atomic E-state index is 13.5. The Balaban J connectivity index is 1.55. The third-order valence-electron chi connectivity index (χ3n) is 5.45. The van der Waals surface area contributed by atoms with Gasteiger partial charge in [-0.05, 0) is 67.9 Å². The van der Waals surface area contributed by atoms with Crippen molar-refractivity contribution in [3.8, 4) is 5.69 Å². The maximum absolute atomic E-state index is 13.5. The molecule has 0 unspecified atom stereocenters. The summed E-state index contributed by atoms with van der Waals surface area (Å²) in [7, 11) is -4.62. The minimum atomic E-state index is -4.62. The number of piperidine rings is 1. The van der Waals surface area contributed by atoms with E-state index in [-0.39, 0.29) is 5.82 Å². The molecule has 0 spiro atoms. The molecule has 33 heavy (non-hydrogen) atoms. The molecule has 1 saturated heterocycles. The third kappa shape index (κ3) is 5.59. The summed E-state index contributed by atoms with van der Waals surface area (Å²) in [6.45, 7) is 2.62. The second-order valence-electron chi connectivity index (χ2n) is 7.79. The molecule has 1 fully saturated rings. The van der Waals surface area contributed by atoms with Crippen LogP contribution in [0, 0.1) is 5.82 Å². The molecule has 1 aliphatic heterocycles. The number of rotatable bonds is 8. The summed E-state index contributed by atoms with van der Waals surface area (Å²) >= 11 is 1.38. The molecule has 0 aliphatic carbocycles. The molecule has 1 aromatic heterocycles. The number of alkyl halides is 2. The first kappa shape index (κ1) is 23.8. The van der Waals surface area contributed by atoms with Crippen LogP contribution in [0.5, 0.6) is 0 Å². The van der Waals surface area contributed by atoms with Gasteiger partial charge in [-0.15, -0.1) is 10.2 Å². The van der Waals surface area contributed by atoms with Crippen LogP contribution in [0.2, 0.25) is 0 Å². The van der Waals surface area contributed by atoms with Gasteiger partial charge in [-0.25, -0.2) is 12.8 Å². The van der Waals surface area contributed by atoms with Gasteiger partial charge in [0.1, 0.15) is 5.82 Å². The lowest BCUT2D eigenvalue weighted by Gasteiger charge is -2.26. The molecule has 3 aromatic rings. The minimum Gasteiger partial charge on any atom is -0.296 e. The largest absolute Gasteiger partial charge is 0.341 e. The summed E-state index contributed by atoms with van der Waals surface area (Å²) in [6, 6.07) is 11.5. The van der Waals surface area contributed by atoms with E-state index in [1.54, 1.807) is 12.1 Å². The number of hydrogen-bond donors (Lipinski definition) is 0. The van der Waals surface area contributed by atoms with E-state index in [2.05, 4.69) is 15.1 Å². The monoisotopic (exact) mass is 496 g/mol. The van der Waals surface area contributed by atoms with E-state index in [0.717, 1.165) is 43.0 Å². The van der Waals surface area contributed by atoms with E-state index < -0.39 is 20.5 Å². The first-order valence-corrected chi connectivity index (χ1v) is 13.0. The zero-order valence-corrected chi connectivity index (χ0v) is 19.3. The summed E-state index contributed by atoms with van der Waals surface area (Å²) in [4.78, 5) is 1.91. The average molecular weight is 497 g/mol. The number of hydrogen-bond acceptors (Lipinski definition) is 6. The van der Waals surface area contributed by atoms with E-state index in [1.165, 1.54) is 54.6 Å². The summed E-state index contributed by atoms with van der Waals surface area (Å²) in [5, 5.41) is 9.33. The predicted molar refractivity (Wildman–Crippen MR) is 120 cm³/mol. The normalized spacial score (nSPS) is 15.3. The Hall–Kier alpha value is -2.37. The highest BCUT2D eigenvalue weighted by Gasteiger charge is 2.26. The molecule has 0 saturated carbocycles. The summed E-state index contributed by atoms with van der Waals surface area (Å²) in [5.41, 5.74) is 1.49. The number of nitrogens with zero attached hydrogens (tertiary/aromatic N) is 4. The van der Waals surface area contributed by atoms with Crippen molar-refractivity contribution in [1.29, 1.82) is 0 Å². The van der Waals surface area contributed by atoms with Gasteiger partial charge in [-0.3, -0.25) is 9.47 Å². The molecular weight excluding hydrogens is 473 g/mol. The molecule has 2 heterocycles. The van der Waals surface area contributed by atoms with Crippen molar-refractivity contribution < 1.29 is 21.6 Å². The van der Waals surface area contributed by atoms with Crippen LogP contribution in [0.1, 0.15) is 30.7 Å². The van der Waals surface area contributed by atoms with Gasteiger partial charge in [0.2, 0.25) is 9.84 Å². The lowest BCUT2D eigenvalue weighted by molar-refractivity contribution is 0.214. The van der Waals surface area contributed by atoms with Crippen molar-refractivity contribution in [2.75, 3.05) is 13.1 Å². The zero-order chi connectivity index (χ0) is 23.4. The van der Waals surface area contributed by atoms with E-state index in [1.807, 2.05) is 4.57 Å². The van der Waals surface area contributed by atoms with E-state index in [0.29, 0.717) is 17.5 Å². The van der Waals surface area contributed by atoms with Crippen molar-refractivity contribution in [2.24, 2.45) is 0 Å². The first-order chi connectivity index (χ1) is 15.8. The van der Waals surface area contributed by atoms with Crippen LogP contribution in [0.15, 0.2) is 58.6 Å². The molecule has 11 heteroatoms. The molecule has 2 aromatic carbocycles. The van der Waals surface area contributed by atoms with Gasteiger partial charge >= 0.3 is 5.76 Å². The fourth-order valence-corrected chi connectivity index (χ4v) is 5.34. The van der Waals surface area contributed by atoms with Crippen molar-refractivity contribution in [2.45, 2.75) is 47.4 Å². The highest BCUT2D eigenvalue weighted by atomic mass is 32.2. The molecule has 0 atom stereocenters. The molecule has 0 radical (unpaired) electrons. The Morgan fingerprint density at radius 2 is 1.61 bits per heavy atom. The smallest absolute Gasteiger partial charge is 0.296 e. The molecule has 0 N–H and O–H groups in total.